The quantitative estimate of drug-likeness (QED) is 0.691. The molecule has 0 amide bonds. The summed E-state index contributed by atoms with van der Waals surface area (Å²) in [4.78, 5) is 0. The molecule has 6 nitrogen and oxygen atoms in total. The molecule has 108 valence electrons. The molecule has 1 saturated carbocycles. The third-order valence-electron chi connectivity index (χ3n) is 3.88. The average Bonchev–Trinajstić information content (AvgIpc) is 2.82. The van der Waals surface area contributed by atoms with Gasteiger partial charge in [0.2, 0.25) is 0 Å². The number of hydrogen-bond donors (Lipinski definition) is 3. The summed E-state index contributed by atoms with van der Waals surface area (Å²) in [6, 6.07) is 0. The number of nitrogens with zero attached hydrogens (tertiary/aromatic N) is 3. The van der Waals surface area contributed by atoms with Crippen molar-refractivity contribution in [1.82, 2.24) is 20.3 Å². The van der Waals surface area contributed by atoms with Crippen molar-refractivity contribution >= 4 is 0 Å². The van der Waals surface area contributed by atoms with Crippen LogP contribution in [0.4, 0.5) is 0 Å². The normalized spacial score (nSPS) is 27.6. The number of aliphatic hydroxyl groups excluding tert-OH is 1. The Balaban J connectivity index is 1.73. The fourth-order valence-electron chi connectivity index (χ4n) is 2.53. The lowest BCUT2D eigenvalue weighted by Crippen LogP contribution is -2.43. The van der Waals surface area contributed by atoms with Crippen LogP contribution in [0.15, 0.2) is 6.20 Å². The number of rotatable bonds is 6. The van der Waals surface area contributed by atoms with Crippen LogP contribution in [0.25, 0.3) is 0 Å². The Hall–Kier alpha value is -0.980. The Morgan fingerprint density at radius 1 is 1.47 bits per heavy atom. The van der Waals surface area contributed by atoms with Crippen LogP contribution in [-0.2, 0) is 13.1 Å². The van der Waals surface area contributed by atoms with E-state index in [9.17, 15) is 5.11 Å². The van der Waals surface area contributed by atoms with Gasteiger partial charge in [0.05, 0.1) is 24.4 Å². The van der Waals surface area contributed by atoms with Gasteiger partial charge in [-0.05, 0) is 31.6 Å². The summed E-state index contributed by atoms with van der Waals surface area (Å²) in [5.41, 5.74) is 0.273. The second-order valence-corrected chi connectivity index (χ2v) is 5.71. The minimum Gasteiger partial charge on any atom is -0.394 e. The van der Waals surface area contributed by atoms with Crippen LogP contribution in [0.5, 0.6) is 0 Å². The minimum atomic E-state index is -0.562. The second kappa shape index (κ2) is 6.45. The molecule has 0 aliphatic heterocycles. The minimum absolute atomic E-state index is 0.0637. The zero-order valence-corrected chi connectivity index (χ0v) is 11.5. The monoisotopic (exact) mass is 268 g/mol. The van der Waals surface area contributed by atoms with Crippen molar-refractivity contribution < 1.29 is 10.2 Å². The molecule has 1 aromatic rings. The lowest BCUT2D eigenvalue weighted by atomic mass is 9.79. The van der Waals surface area contributed by atoms with E-state index in [4.69, 9.17) is 5.11 Å². The van der Waals surface area contributed by atoms with Gasteiger partial charge in [-0.1, -0.05) is 12.1 Å². The summed E-state index contributed by atoms with van der Waals surface area (Å²) in [6.07, 6.45) is 5.77. The maximum absolute atomic E-state index is 10.4. The zero-order valence-electron chi connectivity index (χ0n) is 11.5. The van der Waals surface area contributed by atoms with Crippen LogP contribution >= 0.6 is 0 Å². The molecule has 19 heavy (non-hydrogen) atoms. The van der Waals surface area contributed by atoms with E-state index in [2.05, 4.69) is 22.6 Å². The smallest absolute Gasteiger partial charge is 0.0964 e. The molecule has 0 unspecified atom stereocenters. The molecular formula is C13H24N4O2. The highest BCUT2D eigenvalue weighted by molar-refractivity contribution is 4.93. The van der Waals surface area contributed by atoms with Crippen LogP contribution in [0.3, 0.4) is 0 Å². The van der Waals surface area contributed by atoms with Crippen LogP contribution in [0.2, 0.25) is 0 Å². The van der Waals surface area contributed by atoms with E-state index in [1.807, 2.05) is 6.20 Å². The number of nitrogens with one attached hydrogen (secondary N) is 1. The first-order chi connectivity index (χ1) is 9.11. The number of hydrogen-bond acceptors (Lipinski definition) is 5. The Morgan fingerprint density at radius 3 is 2.89 bits per heavy atom. The third-order valence-corrected chi connectivity index (χ3v) is 3.88. The van der Waals surface area contributed by atoms with Crippen molar-refractivity contribution in [2.75, 3.05) is 13.2 Å². The molecule has 1 fully saturated rings. The molecule has 0 saturated heterocycles. The number of aliphatic hydroxyl groups is 2. The van der Waals surface area contributed by atoms with Crippen molar-refractivity contribution in [1.29, 1.82) is 0 Å². The molecule has 1 aliphatic rings. The van der Waals surface area contributed by atoms with Gasteiger partial charge in [0.25, 0.3) is 0 Å². The average molecular weight is 268 g/mol. The van der Waals surface area contributed by atoms with Gasteiger partial charge in [-0.2, -0.15) is 0 Å². The van der Waals surface area contributed by atoms with E-state index in [-0.39, 0.29) is 6.61 Å². The van der Waals surface area contributed by atoms with Crippen molar-refractivity contribution in [2.24, 2.45) is 5.92 Å². The maximum Gasteiger partial charge on any atom is 0.0964 e. The van der Waals surface area contributed by atoms with Gasteiger partial charge in [-0.15, -0.1) is 5.10 Å². The Morgan fingerprint density at radius 2 is 2.21 bits per heavy atom. The van der Waals surface area contributed by atoms with E-state index in [1.54, 1.807) is 4.68 Å². The fraction of sp³-hybridized carbons (Fsp3) is 0.846. The molecule has 1 aromatic heterocycles. The molecule has 1 heterocycles. The standard InChI is InChI=1S/C13H24N4O2/c1-11-2-4-13(19,5-3-11)10-14-8-12-9-17(6-7-18)16-15-12/h9,11,14,18-19H,2-8,10H2,1H3. The first-order valence-corrected chi connectivity index (χ1v) is 7.04. The predicted octanol–water partition coefficient (Wildman–Crippen LogP) is 0.301. The molecule has 1 aliphatic carbocycles. The van der Waals surface area contributed by atoms with Crippen molar-refractivity contribution in [3.05, 3.63) is 11.9 Å². The Labute approximate surface area is 113 Å². The van der Waals surface area contributed by atoms with Gasteiger partial charge in [-0.3, -0.25) is 0 Å². The molecule has 6 heteroatoms. The first kappa shape index (κ1) is 14.4. The number of aromatic nitrogens is 3. The van der Waals surface area contributed by atoms with E-state index in [0.717, 1.165) is 37.3 Å². The van der Waals surface area contributed by atoms with Gasteiger partial charge in [0.1, 0.15) is 0 Å². The summed E-state index contributed by atoms with van der Waals surface area (Å²) >= 11 is 0. The highest BCUT2D eigenvalue weighted by atomic mass is 16.3. The van der Waals surface area contributed by atoms with Gasteiger partial charge < -0.3 is 15.5 Å². The van der Waals surface area contributed by atoms with E-state index < -0.39 is 5.60 Å². The largest absolute Gasteiger partial charge is 0.394 e. The Bertz CT molecular complexity index is 386. The molecule has 3 N–H and O–H groups in total. The molecule has 0 aromatic carbocycles. The molecule has 0 bridgehead atoms. The van der Waals surface area contributed by atoms with Crippen LogP contribution in [-0.4, -0.2) is 44.0 Å². The van der Waals surface area contributed by atoms with E-state index in [1.165, 1.54) is 0 Å². The van der Waals surface area contributed by atoms with Crippen molar-refractivity contribution in [3.63, 3.8) is 0 Å². The predicted molar refractivity (Wildman–Crippen MR) is 71.4 cm³/mol. The third kappa shape index (κ3) is 4.26. The molecule has 0 spiro atoms. The summed E-state index contributed by atoms with van der Waals surface area (Å²) in [5.74, 6) is 0.735. The van der Waals surface area contributed by atoms with Crippen LogP contribution < -0.4 is 5.32 Å². The first-order valence-electron chi connectivity index (χ1n) is 7.04. The van der Waals surface area contributed by atoms with Crippen LogP contribution in [0.1, 0.15) is 38.3 Å². The van der Waals surface area contributed by atoms with Gasteiger partial charge >= 0.3 is 0 Å². The summed E-state index contributed by atoms with van der Waals surface area (Å²) in [6.45, 7) is 3.98. The molecular weight excluding hydrogens is 244 g/mol. The Kier molecular flexibility index (Phi) is 4.90. The van der Waals surface area contributed by atoms with Crippen molar-refractivity contribution in [3.8, 4) is 0 Å². The lowest BCUT2D eigenvalue weighted by molar-refractivity contribution is -0.00635. The summed E-state index contributed by atoms with van der Waals surface area (Å²) in [5, 5.41) is 30.4. The molecule has 0 atom stereocenters. The van der Waals surface area contributed by atoms with E-state index in [0.29, 0.717) is 19.6 Å². The van der Waals surface area contributed by atoms with Gasteiger partial charge in [0, 0.05) is 19.3 Å². The van der Waals surface area contributed by atoms with Gasteiger partial charge in [-0.25, -0.2) is 4.68 Å². The summed E-state index contributed by atoms with van der Waals surface area (Å²) in [7, 11) is 0. The van der Waals surface area contributed by atoms with Crippen molar-refractivity contribution in [2.45, 2.75) is 51.3 Å². The fourth-order valence-corrected chi connectivity index (χ4v) is 2.53. The molecule has 2 rings (SSSR count). The topological polar surface area (TPSA) is 83.2 Å². The lowest BCUT2D eigenvalue weighted by Gasteiger charge is -2.35. The maximum atomic E-state index is 10.4. The summed E-state index contributed by atoms with van der Waals surface area (Å²) < 4.78 is 1.62. The highest BCUT2D eigenvalue weighted by Gasteiger charge is 2.31. The highest BCUT2D eigenvalue weighted by Crippen LogP contribution is 2.31. The van der Waals surface area contributed by atoms with Gasteiger partial charge in [0.15, 0.2) is 0 Å². The van der Waals surface area contributed by atoms with Crippen LogP contribution in [0, 0.1) is 5.92 Å². The zero-order chi connectivity index (χ0) is 13.7. The molecule has 0 radical (unpaired) electrons. The SMILES string of the molecule is CC1CCC(O)(CNCc2cn(CCO)nn2)CC1. The second-order valence-electron chi connectivity index (χ2n) is 5.71. The van der Waals surface area contributed by atoms with E-state index >= 15 is 0 Å².